The van der Waals surface area contributed by atoms with E-state index < -0.39 is 0 Å². The molecular formula is C19H30IN5O. The van der Waals surface area contributed by atoms with Crippen LogP contribution in [0.1, 0.15) is 38.3 Å². The highest BCUT2D eigenvalue weighted by molar-refractivity contribution is 14.0. The fraction of sp³-hybridized carbons (Fsp3) is 0.474. The summed E-state index contributed by atoms with van der Waals surface area (Å²) in [6.45, 7) is 3.80. The van der Waals surface area contributed by atoms with Gasteiger partial charge in [0.1, 0.15) is 5.75 Å². The van der Waals surface area contributed by atoms with Gasteiger partial charge in [0, 0.05) is 19.8 Å². The number of rotatable bonds is 9. The normalized spacial score (nSPS) is 11.0. The standard InChI is InChI=1S/C19H29N5O.HI/c1-4-5-6-7-13-21-19(20-2)22-15-16-12-14-24(23-16)17-8-10-18(25-3)11-9-17;/h8-12,14H,4-7,13,15H2,1-3H3,(H2,20,21,22);1H. The van der Waals surface area contributed by atoms with Gasteiger partial charge in [-0.05, 0) is 36.8 Å². The average molecular weight is 471 g/mol. The number of aromatic nitrogens is 2. The van der Waals surface area contributed by atoms with E-state index in [9.17, 15) is 0 Å². The first-order valence-electron chi connectivity index (χ1n) is 8.90. The maximum atomic E-state index is 5.18. The fourth-order valence-corrected chi connectivity index (χ4v) is 2.49. The fourth-order valence-electron chi connectivity index (χ4n) is 2.49. The van der Waals surface area contributed by atoms with Gasteiger partial charge in [0.15, 0.2) is 5.96 Å². The molecule has 0 radical (unpaired) electrons. The molecule has 0 amide bonds. The first-order chi connectivity index (χ1) is 12.3. The number of ether oxygens (including phenoxy) is 1. The van der Waals surface area contributed by atoms with Crippen molar-refractivity contribution in [3.63, 3.8) is 0 Å². The second-order valence-corrected chi connectivity index (χ2v) is 5.86. The smallest absolute Gasteiger partial charge is 0.191 e. The van der Waals surface area contributed by atoms with Gasteiger partial charge in [0.05, 0.1) is 25.0 Å². The molecule has 2 N–H and O–H groups in total. The van der Waals surface area contributed by atoms with E-state index in [-0.39, 0.29) is 24.0 Å². The lowest BCUT2D eigenvalue weighted by Crippen LogP contribution is -2.37. The predicted octanol–water partition coefficient (Wildman–Crippen LogP) is 3.74. The Morgan fingerprint density at radius 3 is 2.54 bits per heavy atom. The lowest BCUT2D eigenvalue weighted by molar-refractivity contribution is 0.414. The second-order valence-electron chi connectivity index (χ2n) is 5.86. The van der Waals surface area contributed by atoms with E-state index >= 15 is 0 Å². The maximum Gasteiger partial charge on any atom is 0.191 e. The van der Waals surface area contributed by atoms with Crippen molar-refractivity contribution in [2.24, 2.45) is 4.99 Å². The number of hydrogen-bond acceptors (Lipinski definition) is 3. The average Bonchev–Trinajstić information content (AvgIpc) is 3.13. The number of guanidine groups is 1. The summed E-state index contributed by atoms with van der Waals surface area (Å²) in [4.78, 5) is 4.25. The monoisotopic (exact) mass is 471 g/mol. The number of nitrogens with one attached hydrogen (secondary N) is 2. The molecule has 2 aromatic rings. The third kappa shape index (κ3) is 7.23. The number of hydrogen-bond donors (Lipinski definition) is 2. The number of nitrogens with zero attached hydrogens (tertiary/aromatic N) is 3. The molecule has 6 nitrogen and oxygen atoms in total. The van der Waals surface area contributed by atoms with Crippen molar-refractivity contribution >= 4 is 29.9 Å². The molecule has 1 heterocycles. The van der Waals surface area contributed by atoms with Crippen molar-refractivity contribution in [1.29, 1.82) is 0 Å². The van der Waals surface area contributed by atoms with Crippen molar-refractivity contribution < 1.29 is 4.74 Å². The lowest BCUT2D eigenvalue weighted by atomic mass is 10.2. The Balaban J connectivity index is 0.00000338. The zero-order valence-corrected chi connectivity index (χ0v) is 18.2. The van der Waals surface area contributed by atoms with Gasteiger partial charge in [-0.3, -0.25) is 4.99 Å². The summed E-state index contributed by atoms with van der Waals surface area (Å²) in [5.41, 5.74) is 1.97. The summed E-state index contributed by atoms with van der Waals surface area (Å²) in [6.07, 6.45) is 6.92. The summed E-state index contributed by atoms with van der Waals surface area (Å²) in [5, 5.41) is 11.2. The summed E-state index contributed by atoms with van der Waals surface area (Å²) >= 11 is 0. The second kappa shape index (κ2) is 12.6. The van der Waals surface area contributed by atoms with E-state index in [4.69, 9.17) is 4.74 Å². The molecule has 0 aliphatic rings. The Bertz CT molecular complexity index is 654. The van der Waals surface area contributed by atoms with Crippen molar-refractivity contribution in [1.82, 2.24) is 20.4 Å². The SMILES string of the molecule is CCCCCCNC(=NC)NCc1ccn(-c2ccc(OC)cc2)n1.I. The number of benzene rings is 1. The number of halogens is 1. The van der Waals surface area contributed by atoms with Crippen LogP contribution >= 0.6 is 24.0 Å². The molecule has 144 valence electrons. The molecular weight excluding hydrogens is 441 g/mol. The van der Waals surface area contributed by atoms with Crippen LogP contribution in [0.15, 0.2) is 41.5 Å². The third-order valence-corrected chi connectivity index (χ3v) is 3.96. The Labute approximate surface area is 173 Å². The molecule has 0 fully saturated rings. The summed E-state index contributed by atoms with van der Waals surface area (Å²) in [6, 6.07) is 9.84. The zero-order chi connectivity index (χ0) is 17.9. The van der Waals surface area contributed by atoms with Crippen molar-refractivity contribution in [2.75, 3.05) is 20.7 Å². The van der Waals surface area contributed by atoms with Gasteiger partial charge in [-0.25, -0.2) is 4.68 Å². The van der Waals surface area contributed by atoms with Crippen LogP contribution in [0.2, 0.25) is 0 Å². The Morgan fingerprint density at radius 1 is 1.12 bits per heavy atom. The van der Waals surface area contributed by atoms with Gasteiger partial charge >= 0.3 is 0 Å². The molecule has 7 heteroatoms. The van der Waals surface area contributed by atoms with E-state index in [1.807, 2.05) is 41.2 Å². The molecule has 1 aromatic carbocycles. The highest BCUT2D eigenvalue weighted by Crippen LogP contribution is 2.14. The molecule has 0 saturated heterocycles. The number of unbranched alkanes of at least 4 members (excludes halogenated alkanes) is 3. The minimum Gasteiger partial charge on any atom is -0.497 e. The van der Waals surface area contributed by atoms with E-state index in [1.165, 1.54) is 25.7 Å². The van der Waals surface area contributed by atoms with E-state index in [1.54, 1.807) is 14.2 Å². The molecule has 2 rings (SSSR count). The van der Waals surface area contributed by atoms with Gasteiger partial charge < -0.3 is 15.4 Å². The van der Waals surface area contributed by atoms with Crippen LogP contribution in [-0.2, 0) is 6.54 Å². The third-order valence-electron chi connectivity index (χ3n) is 3.96. The molecule has 0 saturated carbocycles. The molecule has 26 heavy (non-hydrogen) atoms. The predicted molar refractivity (Wildman–Crippen MR) is 118 cm³/mol. The van der Waals surface area contributed by atoms with Gasteiger partial charge in [-0.1, -0.05) is 26.2 Å². The first-order valence-corrected chi connectivity index (χ1v) is 8.90. The zero-order valence-electron chi connectivity index (χ0n) is 15.9. The first kappa shape index (κ1) is 22.3. The number of aliphatic imine (C=N–C) groups is 1. The minimum atomic E-state index is 0. The van der Waals surface area contributed by atoms with Crippen LogP contribution in [-0.4, -0.2) is 36.4 Å². The van der Waals surface area contributed by atoms with Crippen LogP contribution in [0.4, 0.5) is 0 Å². The van der Waals surface area contributed by atoms with Gasteiger partial charge in [-0.15, -0.1) is 24.0 Å². The van der Waals surface area contributed by atoms with E-state index in [0.717, 1.165) is 29.6 Å². The van der Waals surface area contributed by atoms with Crippen LogP contribution in [0.5, 0.6) is 5.75 Å². The Morgan fingerprint density at radius 2 is 1.88 bits per heavy atom. The molecule has 0 unspecified atom stereocenters. The quantitative estimate of drug-likeness (QED) is 0.253. The van der Waals surface area contributed by atoms with Gasteiger partial charge in [0.2, 0.25) is 0 Å². The Hall–Kier alpha value is -1.77. The van der Waals surface area contributed by atoms with Gasteiger partial charge in [-0.2, -0.15) is 5.10 Å². The molecule has 0 atom stereocenters. The summed E-state index contributed by atoms with van der Waals surface area (Å²) in [7, 11) is 3.45. The topological polar surface area (TPSA) is 63.5 Å². The maximum absolute atomic E-state index is 5.18. The van der Waals surface area contributed by atoms with Crippen LogP contribution < -0.4 is 15.4 Å². The van der Waals surface area contributed by atoms with Crippen molar-refractivity contribution in [3.05, 3.63) is 42.2 Å². The van der Waals surface area contributed by atoms with Gasteiger partial charge in [0.25, 0.3) is 0 Å². The van der Waals surface area contributed by atoms with Crippen LogP contribution in [0, 0.1) is 0 Å². The van der Waals surface area contributed by atoms with E-state index in [2.05, 4.69) is 27.6 Å². The molecule has 0 aliphatic carbocycles. The van der Waals surface area contributed by atoms with Crippen LogP contribution in [0.3, 0.4) is 0 Å². The largest absolute Gasteiger partial charge is 0.497 e. The number of methoxy groups -OCH3 is 1. The van der Waals surface area contributed by atoms with E-state index in [0.29, 0.717) is 6.54 Å². The molecule has 0 aliphatic heterocycles. The summed E-state index contributed by atoms with van der Waals surface area (Å²) in [5.74, 6) is 1.65. The van der Waals surface area contributed by atoms with Crippen molar-refractivity contribution in [3.8, 4) is 11.4 Å². The van der Waals surface area contributed by atoms with Crippen molar-refractivity contribution in [2.45, 2.75) is 39.2 Å². The molecule has 1 aromatic heterocycles. The highest BCUT2D eigenvalue weighted by Gasteiger charge is 2.03. The molecule has 0 spiro atoms. The molecule has 0 bridgehead atoms. The highest BCUT2D eigenvalue weighted by atomic mass is 127. The lowest BCUT2D eigenvalue weighted by Gasteiger charge is -2.10. The Kier molecular flexibility index (Phi) is 10.8. The summed E-state index contributed by atoms with van der Waals surface area (Å²) < 4.78 is 7.04. The minimum absolute atomic E-state index is 0. The van der Waals surface area contributed by atoms with Crippen LogP contribution in [0.25, 0.3) is 5.69 Å².